The van der Waals surface area contributed by atoms with Gasteiger partial charge < -0.3 is 9.47 Å². The Bertz CT molecular complexity index is 1050. The molecule has 0 unspecified atom stereocenters. The zero-order chi connectivity index (χ0) is 21.3. The van der Waals surface area contributed by atoms with Crippen LogP contribution in [0, 0.1) is 0 Å². The molecule has 2 aromatic carbocycles. The van der Waals surface area contributed by atoms with Crippen LogP contribution in [0.5, 0.6) is 0 Å². The van der Waals surface area contributed by atoms with Gasteiger partial charge in [-0.15, -0.1) is 0 Å². The fourth-order valence-corrected chi connectivity index (χ4v) is 4.07. The van der Waals surface area contributed by atoms with Crippen molar-refractivity contribution in [2.24, 2.45) is 7.05 Å². The minimum absolute atomic E-state index is 0.118. The first-order valence-electron chi connectivity index (χ1n) is 10.0. The van der Waals surface area contributed by atoms with E-state index in [1.165, 1.54) is 12.1 Å². The Hall–Kier alpha value is -2.80. The highest BCUT2D eigenvalue weighted by Crippen LogP contribution is 2.32. The van der Waals surface area contributed by atoms with Gasteiger partial charge in [-0.3, -0.25) is 9.69 Å². The van der Waals surface area contributed by atoms with Crippen molar-refractivity contribution in [3.63, 3.8) is 0 Å². The van der Waals surface area contributed by atoms with Gasteiger partial charge in [0.05, 0.1) is 5.56 Å². The minimum Gasteiger partial charge on any atom is -0.369 e. The van der Waals surface area contributed by atoms with E-state index in [0.29, 0.717) is 31.7 Å². The van der Waals surface area contributed by atoms with Crippen molar-refractivity contribution < 1.29 is 18.0 Å². The summed E-state index contributed by atoms with van der Waals surface area (Å²) in [5.41, 5.74) is 1.76. The number of hydrogen-bond donors (Lipinski definition) is 0. The van der Waals surface area contributed by atoms with Crippen LogP contribution in [-0.4, -0.2) is 48.0 Å². The first kappa shape index (κ1) is 20.5. The van der Waals surface area contributed by atoms with E-state index >= 15 is 0 Å². The van der Waals surface area contributed by atoms with E-state index < -0.39 is 11.7 Å². The fourth-order valence-electron chi connectivity index (χ4n) is 4.07. The number of carbonyl (C=O) groups excluding carboxylic acids is 1. The van der Waals surface area contributed by atoms with Crippen molar-refractivity contribution in [3.8, 4) is 0 Å². The van der Waals surface area contributed by atoms with Crippen molar-refractivity contribution >= 4 is 22.4 Å². The van der Waals surface area contributed by atoms with Crippen LogP contribution in [0.4, 0.5) is 18.9 Å². The molecule has 0 atom stereocenters. The molecule has 0 spiro atoms. The number of aromatic nitrogens is 1. The number of ketones is 1. The van der Waals surface area contributed by atoms with Crippen molar-refractivity contribution in [1.82, 2.24) is 9.47 Å². The summed E-state index contributed by atoms with van der Waals surface area (Å²) in [5, 5.41) is 0.972. The number of hydrogen-bond acceptors (Lipinski definition) is 3. The summed E-state index contributed by atoms with van der Waals surface area (Å²) >= 11 is 0. The zero-order valence-corrected chi connectivity index (χ0v) is 16.8. The van der Waals surface area contributed by atoms with Gasteiger partial charge >= 0.3 is 6.18 Å². The second-order valence-electron chi connectivity index (χ2n) is 7.72. The number of fused-ring (bicyclic) bond motifs is 1. The molecule has 1 saturated heterocycles. The smallest absolute Gasteiger partial charge is 0.369 e. The number of Topliss-reactive ketones (excluding diaryl/α,β-unsaturated/α-hetero) is 1. The third-order valence-corrected chi connectivity index (χ3v) is 5.76. The molecule has 0 N–H and O–H groups in total. The maximum atomic E-state index is 13.0. The normalized spacial score (nSPS) is 15.7. The second kappa shape index (κ2) is 8.14. The Morgan fingerprint density at radius 1 is 1.00 bits per heavy atom. The Labute approximate surface area is 173 Å². The number of anilines is 1. The predicted molar refractivity (Wildman–Crippen MR) is 112 cm³/mol. The lowest BCUT2D eigenvalue weighted by Crippen LogP contribution is -2.47. The Kier molecular flexibility index (Phi) is 5.56. The lowest BCUT2D eigenvalue weighted by Gasteiger charge is -2.36. The van der Waals surface area contributed by atoms with E-state index in [4.69, 9.17) is 0 Å². The van der Waals surface area contributed by atoms with Gasteiger partial charge in [0.2, 0.25) is 0 Å². The van der Waals surface area contributed by atoms with Gasteiger partial charge in [-0.2, -0.15) is 13.2 Å². The molecule has 1 fully saturated rings. The molecule has 4 nitrogen and oxygen atoms in total. The largest absolute Gasteiger partial charge is 0.416 e. The van der Waals surface area contributed by atoms with Crippen molar-refractivity contribution in [1.29, 1.82) is 0 Å². The highest BCUT2D eigenvalue weighted by atomic mass is 19.4. The number of para-hydroxylation sites is 1. The van der Waals surface area contributed by atoms with Gasteiger partial charge in [0, 0.05) is 74.5 Å². The standard InChI is InChI=1S/C23H24F3N3O/c1-27-16-20(19-7-2-3-8-21(19)27)22(30)9-10-28-11-13-29(14-12-28)18-6-4-5-17(15-18)23(24,25)26/h2-8,15-16H,9-14H2,1H3. The van der Waals surface area contributed by atoms with Crippen LogP contribution >= 0.6 is 0 Å². The quantitative estimate of drug-likeness (QED) is 0.571. The van der Waals surface area contributed by atoms with Crippen molar-refractivity contribution in [3.05, 3.63) is 65.9 Å². The van der Waals surface area contributed by atoms with Crippen LogP contribution in [0.15, 0.2) is 54.7 Å². The van der Waals surface area contributed by atoms with Crippen LogP contribution in [0.2, 0.25) is 0 Å². The fraction of sp³-hybridized carbons (Fsp3) is 0.348. The molecule has 158 valence electrons. The maximum Gasteiger partial charge on any atom is 0.416 e. The highest BCUT2D eigenvalue weighted by molar-refractivity contribution is 6.08. The lowest BCUT2D eigenvalue weighted by atomic mass is 10.1. The Balaban J connectivity index is 1.34. The van der Waals surface area contributed by atoms with Gasteiger partial charge in [0.25, 0.3) is 0 Å². The minimum atomic E-state index is -4.33. The van der Waals surface area contributed by atoms with Crippen LogP contribution in [0.3, 0.4) is 0 Å². The van der Waals surface area contributed by atoms with Gasteiger partial charge in [-0.25, -0.2) is 0 Å². The molecule has 1 aliphatic heterocycles. The summed E-state index contributed by atoms with van der Waals surface area (Å²) < 4.78 is 40.8. The van der Waals surface area contributed by atoms with Crippen molar-refractivity contribution in [2.45, 2.75) is 12.6 Å². The molecule has 0 radical (unpaired) electrons. The third-order valence-electron chi connectivity index (χ3n) is 5.76. The molecular weight excluding hydrogens is 391 g/mol. The number of benzene rings is 2. The molecule has 7 heteroatoms. The predicted octanol–water partition coefficient (Wildman–Crippen LogP) is 4.59. The highest BCUT2D eigenvalue weighted by Gasteiger charge is 2.31. The number of halogens is 3. The molecule has 4 rings (SSSR count). The molecule has 2 heterocycles. The Morgan fingerprint density at radius 2 is 1.73 bits per heavy atom. The van der Waals surface area contributed by atoms with E-state index in [0.717, 1.165) is 35.6 Å². The molecule has 30 heavy (non-hydrogen) atoms. The van der Waals surface area contributed by atoms with Crippen LogP contribution in [0.25, 0.3) is 10.9 Å². The second-order valence-corrected chi connectivity index (χ2v) is 7.72. The van der Waals surface area contributed by atoms with E-state index in [-0.39, 0.29) is 5.78 Å². The lowest BCUT2D eigenvalue weighted by molar-refractivity contribution is -0.137. The van der Waals surface area contributed by atoms with Gasteiger partial charge in [0.15, 0.2) is 5.78 Å². The zero-order valence-electron chi connectivity index (χ0n) is 16.8. The van der Waals surface area contributed by atoms with Crippen LogP contribution < -0.4 is 4.90 Å². The third kappa shape index (κ3) is 4.21. The maximum absolute atomic E-state index is 13.0. The van der Waals surface area contributed by atoms with Gasteiger partial charge in [-0.05, 0) is 24.3 Å². The summed E-state index contributed by atoms with van der Waals surface area (Å²) in [7, 11) is 1.94. The number of carbonyl (C=O) groups is 1. The summed E-state index contributed by atoms with van der Waals surface area (Å²) in [6, 6.07) is 13.3. The SMILES string of the molecule is Cn1cc(C(=O)CCN2CCN(c3cccc(C(F)(F)F)c3)CC2)c2ccccc21. The molecular formula is C23H24F3N3O. The van der Waals surface area contributed by atoms with Gasteiger partial charge in [0.1, 0.15) is 0 Å². The topological polar surface area (TPSA) is 28.5 Å². The Morgan fingerprint density at radius 3 is 2.47 bits per heavy atom. The summed E-state index contributed by atoms with van der Waals surface area (Å²) in [4.78, 5) is 16.9. The molecule has 1 aliphatic rings. The number of nitrogens with zero attached hydrogens (tertiary/aromatic N) is 3. The number of alkyl halides is 3. The average molecular weight is 415 g/mol. The molecule has 1 aromatic heterocycles. The number of rotatable bonds is 5. The summed E-state index contributed by atoms with van der Waals surface area (Å²) in [6.45, 7) is 3.38. The number of aryl methyl sites for hydroxylation is 1. The molecule has 0 amide bonds. The van der Waals surface area contributed by atoms with Gasteiger partial charge in [-0.1, -0.05) is 24.3 Å². The monoisotopic (exact) mass is 415 g/mol. The van der Waals surface area contributed by atoms with Crippen LogP contribution in [-0.2, 0) is 13.2 Å². The van der Waals surface area contributed by atoms with Crippen LogP contribution in [0.1, 0.15) is 22.3 Å². The van der Waals surface area contributed by atoms with E-state index in [2.05, 4.69) is 4.90 Å². The molecule has 3 aromatic rings. The van der Waals surface area contributed by atoms with E-state index in [1.807, 2.05) is 47.0 Å². The molecule has 0 saturated carbocycles. The van der Waals surface area contributed by atoms with Crippen molar-refractivity contribution in [2.75, 3.05) is 37.6 Å². The van der Waals surface area contributed by atoms with E-state index in [9.17, 15) is 18.0 Å². The first-order chi connectivity index (χ1) is 14.3. The average Bonchev–Trinajstić information content (AvgIpc) is 3.09. The molecule has 0 aliphatic carbocycles. The molecule has 0 bridgehead atoms. The summed E-state index contributed by atoms with van der Waals surface area (Å²) in [5.74, 6) is 0.118. The summed E-state index contributed by atoms with van der Waals surface area (Å²) in [6.07, 6.45) is -2.02. The number of piperazine rings is 1. The first-order valence-corrected chi connectivity index (χ1v) is 10.0. The van der Waals surface area contributed by atoms with E-state index in [1.54, 1.807) is 6.07 Å².